The van der Waals surface area contributed by atoms with Crippen LogP contribution in [-0.4, -0.2) is 16.3 Å². The Labute approximate surface area is 112 Å². The molecule has 0 amide bonds. The van der Waals surface area contributed by atoms with Gasteiger partial charge in [0.2, 0.25) is 0 Å². The standard InChI is InChI=1S/C14H28O2S/c1-4-14(5-2,6-3)11-9-7-8-10-12(17)13(15)16/h12,17H,4-11H2,1-3H3,(H,15,16). The fourth-order valence-corrected chi connectivity index (χ4v) is 2.60. The lowest BCUT2D eigenvalue weighted by Gasteiger charge is -2.30. The van der Waals surface area contributed by atoms with Crippen molar-refractivity contribution in [3.05, 3.63) is 0 Å². The van der Waals surface area contributed by atoms with Crippen LogP contribution in [0.15, 0.2) is 0 Å². The number of carbonyl (C=O) groups is 1. The van der Waals surface area contributed by atoms with Crippen molar-refractivity contribution in [1.29, 1.82) is 0 Å². The molecule has 0 aromatic heterocycles. The third-order valence-electron chi connectivity index (χ3n) is 4.22. The highest BCUT2D eigenvalue weighted by Gasteiger charge is 2.22. The SMILES string of the molecule is CCC(CC)(CC)CCCCCC(S)C(=O)O. The number of carboxylic acid groups (broad SMARTS) is 1. The number of aliphatic carboxylic acids is 1. The fraction of sp³-hybridized carbons (Fsp3) is 0.929. The highest BCUT2D eigenvalue weighted by Crippen LogP contribution is 2.36. The van der Waals surface area contributed by atoms with Gasteiger partial charge in [0, 0.05) is 0 Å². The monoisotopic (exact) mass is 260 g/mol. The average Bonchev–Trinajstić information content (AvgIpc) is 2.34. The van der Waals surface area contributed by atoms with E-state index in [-0.39, 0.29) is 0 Å². The Morgan fingerprint density at radius 1 is 1.12 bits per heavy atom. The molecule has 0 rings (SSSR count). The second kappa shape index (κ2) is 8.84. The minimum absolute atomic E-state index is 0.483. The van der Waals surface area contributed by atoms with Gasteiger partial charge in [-0.2, -0.15) is 12.6 Å². The lowest BCUT2D eigenvalue weighted by molar-refractivity contribution is -0.136. The predicted molar refractivity (Wildman–Crippen MR) is 76.8 cm³/mol. The van der Waals surface area contributed by atoms with Gasteiger partial charge in [0.1, 0.15) is 0 Å². The number of thiol groups is 1. The van der Waals surface area contributed by atoms with E-state index in [0.29, 0.717) is 11.8 Å². The Balaban J connectivity index is 3.73. The second-order valence-corrected chi connectivity index (χ2v) is 5.64. The molecule has 1 unspecified atom stereocenters. The normalized spacial score (nSPS) is 13.6. The second-order valence-electron chi connectivity index (χ2n) is 5.01. The summed E-state index contributed by atoms with van der Waals surface area (Å²) in [6.45, 7) is 6.84. The first kappa shape index (κ1) is 16.8. The summed E-state index contributed by atoms with van der Waals surface area (Å²) in [4.78, 5) is 10.6. The molecule has 1 atom stereocenters. The van der Waals surface area contributed by atoms with Crippen LogP contribution in [0.3, 0.4) is 0 Å². The minimum Gasteiger partial charge on any atom is -0.480 e. The number of unbranched alkanes of at least 4 members (excludes halogenated alkanes) is 2. The van der Waals surface area contributed by atoms with E-state index in [1.165, 1.54) is 32.1 Å². The van der Waals surface area contributed by atoms with Crippen LogP contribution >= 0.6 is 12.6 Å². The summed E-state index contributed by atoms with van der Waals surface area (Å²) in [7, 11) is 0. The number of carboxylic acids is 1. The van der Waals surface area contributed by atoms with Gasteiger partial charge < -0.3 is 5.11 Å². The van der Waals surface area contributed by atoms with Gasteiger partial charge in [-0.3, -0.25) is 4.79 Å². The van der Waals surface area contributed by atoms with Crippen molar-refractivity contribution in [2.75, 3.05) is 0 Å². The van der Waals surface area contributed by atoms with Crippen LogP contribution in [0.4, 0.5) is 0 Å². The molecule has 2 nitrogen and oxygen atoms in total. The summed E-state index contributed by atoms with van der Waals surface area (Å²) < 4.78 is 0. The van der Waals surface area contributed by atoms with Crippen molar-refractivity contribution in [3.8, 4) is 0 Å². The molecule has 0 radical (unpaired) electrons. The Morgan fingerprint density at radius 2 is 1.65 bits per heavy atom. The Bertz CT molecular complexity index is 204. The zero-order valence-corrected chi connectivity index (χ0v) is 12.4. The third kappa shape index (κ3) is 6.35. The molecule has 0 aliphatic rings. The maximum absolute atomic E-state index is 10.6. The van der Waals surface area contributed by atoms with Gasteiger partial charge in [-0.15, -0.1) is 0 Å². The van der Waals surface area contributed by atoms with Crippen LogP contribution in [0, 0.1) is 5.41 Å². The lowest BCUT2D eigenvalue weighted by atomic mass is 9.75. The van der Waals surface area contributed by atoms with Crippen LogP contribution in [0.5, 0.6) is 0 Å². The summed E-state index contributed by atoms with van der Waals surface area (Å²) in [6.07, 6.45) is 9.06. The molecule has 17 heavy (non-hydrogen) atoms. The molecule has 102 valence electrons. The van der Waals surface area contributed by atoms with Crippen molar-refractivity contribution in [3.63, 3.8) is 0 Å². The Hall–Kier alpha value is -0.180. The largest absolute Gasteiger partial charge is 0.480 e. The third-order valence-corrected chi connectivity index (χ3v) is 4.70. The molecule has 0 bridgehead atoms. The van der Waals surface area contributed by atoms with Gasteiger partial charge in [0.15, 0.2) is 0 Å². The van der Waals surface area contributed by atoms with Crippen LogP contribution in [0.25, 0.3) is 0 Å². The van der Waals surface area contributed by atoms with E-state index >= 15 is 0 Å². The number of hydrogen-bond donors (Lipinski definition) is 2. The van der Waals surface area contributed by atoms with Crippen molar-refractivity contribution in [2.45, 2.75) is 77.4 Å². The Morgan fingerprint density at radius 3 is 2.06 bits per heavy atom. The molecule has 0 aromatic rings. The molecule has 0 spiro atoms. The van der Waals surface area contributed by atoms with Crippen LogP contribution < -0.4 is 0 Å². The number of rotatable bonds is 10. The zero-order chi connectivity index (χ0) is 13.3. The first-order valence-corrected chi connectivity index (χ1v) is 7.43. The predicted octanol–water partition coefficient (Wildman–Crippen LogP) is 4.54. The highest BCUT2D eigenvalue weighted by atomic mass is 32.1. The van der Waals surface area contributed by atoms with Crippen LogP contribution in [0.2, 0.25) is 0 Å². The van der Waals surface area contributed by atoms with E-state index in [9.17, 15) is 4.79 Å². The summed E-state index contributed by atoms with van der Waals surface area (Å²) >= 11 is 4.04. The van der Waals surface area contributed by atoms with Crippen molar-refractivity contribution in [2.24, 2.45) is 5.41 Å². The molecular formula is C14H28O2S. The smallest absolute Gasteiger partial charge is 0.316 e. The fourth-order valence-electron chi connectivity index (χ4n) is 2.42. The molecule has 1 N–H and O–H groups in total. The van der Waals surface area contributed by atoms with E-state index < -0.39 is 11.2 Å². The maximum atomic E-state index is 10.6. The van der Waals surface area contributed by atoms with Gasteiger partial charge in [-0.05, 0) is 18.3 Å². The van der Waals surface area contributed by atoms with E-state index in [4.69, 9.17) is 5.11 Å². The van der Waals surface area contributed by atoms with E-state index in [1.54, 1.807) is 0 Å². The first-order valence-electron chi connectivity index (χ1n) is 6.92. The van der Waals surface area contributed by atoms with Crippen molar-refractivity contribution in [1.82, 2.24) is 0 Å². The molecule has 0 heterocycles. The molecule has 0 aliphatic heterocycles. The van der Waals surface area contributed by atoms with E-state index in [1.807, 2.05) is 0 Å². The van der Waals surface area contributed by atoms with Gasteiger partial charge >= 0.3 is 5.97 Å². The van der Waals surface area contributed by atoms with E-state index in [2.05, 4.69) is 33.4 Å². The Kier molecular flexibility index (Phi) is 8.75. The highest BCUT2D eigenvalue weighted by molar-refractivity contribution is 7.81. The van der Waals surface area contributed by atoms with E-state index in [0.717, 1.165) is 12.8 Å². The molecule has 0 fully saturated rings. The quantitative estimate of drug-likeness (QED) is 0.447. The topological polar surface area (TPSA) is 37.3 Å². The number of hydrogen-bond acceptors (Lipinski definition) is 2. The minimum atomic E-state index is -0.793. The van der Waals surface area contributed by atoms with Gasteiger partial charge in [0.25, 0.3) is 0 Å². The van der Waals surface area contributed by atoms with Gasteiger partial charge in [-0.1, -0.05) is 59.3 Å². The van der Waals surface area contributed by atoms with Gasteiger partial charge in [-0.25, -0.2) is 0 Å². The van der Waals surface area contributed by atoms with Crippen molar-refractivity contribution < 1.29 is 9.90 Å². The molecule has 0 aromatic carbocycles. The van der Waals surface area contributed by atoms with Crippen LogP contribution in [-0.2, 0) is 4.79 Å². The summed E-state index contributed by atoms with van der Waals surface area (Å²) in [5.41, 5.74) is 0.521. The summed E-state index contributed by atoms with van der Waals surface area (Å²) in [6, 6.07) is 0. The van der Waals surface area contributed by atoms with Gasteiger partial charge in [0.05, 0.1) is 5.25 Å². The maximum Gasteiger partial charge on any atom is 0.316 e. The first-order chi connectivity index (χ1) is 8.01. The lowest BCUT2D eigenvalue weighted by Crippen LogP contribution is -2.17. The molecule has 0 saturated heterocycles. The van der Waals surface area contributed by atoms with Crippen molar-refractivity contribution >= 4 is 18.6 Å². The molecule has 0 saturated carbocycles. The van der Waals surface area contributed by atoms with Crippen LogP contribution in [0.1, 0.15) is 72.1 Å². The summed E-state index contributed by atoms with van der Waals surface area (Å²) in [5.74, 6) is -0.793. The molecule has 3 heteroatoms. The zero-order valence-electron chi connectivity index (χ0n) is 11.5. The summed E-state index contributed by atoms with van der Waals surface area (Å²) in [5, 5.41) is 8.22. The molecule has 0 aliphatic carbocycles. The average molecular weight is 260 g/mol. The molecular weight excluding hydrogens is 232 g/mol.